The fraction of sp³-hybridized carbons (Fsp3) is 0.875. The molecule has 0 aromatic rings. The van der Waals surface area contributed by atoms with E-state index >= 15 is 0 Å². The number of hydrogen-bond donors (Lipinski definition) is 3. The summed E-state index contributed by atoms with van der Waals surface area (Å²) in [6.07, 6.45) is 2.27. The summed E-state index contributed by atoms with van der Waals surface area (Å²) >= 11 is 0. The summed E-state index contributed by atoms with van der Waals surface area (Å²) in [6, 6.07) is 0. The van der Waals surface area contributed by atoms with Crippen molar-refractivity contribution in [2.45, 2.75) is 24.8 Å². The monoisotopic (exact) mass is 170 g/mol. The van der Waals surface area contributed by atoms with Crippen LogP contribution in [0.5, 0.6) is 0 Å². The standard InChI is InChI=1S/C8H14N2O2/c11-7(12)10-8(2-3-8)6-1-4-9-5-6/h6,9-10H,1-5H2,(H,11,12)/t6-/m0/s1. The SMILES string of the molecule is O=C(O)NC1([C@H]2CCNC2)CC1. The van der Waals surface area contributed by atoms with Crippen LogP contribution in [0.2, 0.25) is 0 Å². The van der Waals surface area contributed by atoms with Gasteiger partial charge in [0.05, 0.1) is 0 Å². The van der Waals surface area contributed by atoms with E-state index in [2.05, 4.69) is 10.6 Å². The molecule has 1 aliphatic heterocycles. The first kappa shape index (κ1) is 7.86. The number of nitrogens with one attached hydrogen (secondary N) is 2. The predicted octanol–water partition coefficient (Wildman–Crippen LogP) is 0.396. The third-order valence-electron chi connectivity index (χ3n) is 2.99. The van der Waals surface area contributed by atoms with Gasteiger partial charge in [-0.25, -0.2) is 4.79 Å². The van der Waals surface area contributed by atoms with Gasteiger partial charge in [0, 0.05) is 12.1 Å². The van der Waals surface area contributed by atoms with Crippen molar-refractivity contribution in [1.82, 2.24) is 10.6 Å². The van der Waals surface area contributed by atoms with Gasteiger partial charge in [-0.15, -0.1) is 0 Å². The van der Waals surface area contributed by atoms with Crippen molar-refractivity contribution in [3.05, 3.63) is 0 Å². The fourth-order valence-corrected chi connectivity index (χ4v) is 2.11. The van der Waals surface area contributed by atoms with E-state index in [0.717, 1.165) is 32.4 Å². The van der Waals surface area contributed by atoms with Gasteiger partial charge in [0.1, 0.15) is 0 Å². The minimum Gasteiger partial charge on any atom is -0.465 e. The molecular formula is C8H14N2O2. The van der Waals surface area contributed by atoms with E-state index in [-0.39, 0.29) is 5.54 Å². The van der Waals surface area contributed by atoms with Gasteiger partial charge in [-0.05, 0) is 31.7 Å². The molecular weight excluding hydrogens is 156 g/mol. The molecule has 3 N–H and O–H groups in total. The van der Waals surface area contributed by atoms with Crippen LogP contribution in [-0.2, 0) is 0 Å². The summed E-state index contributed by atoms with van der Waals surface area (Å²) in [7, 11) is 0. The summed E-state index contributed by atoms with van der Waals surface area (Å²) in [4.78, 5) is 10.5. The van der Waals surface area contributed by atoms with E-state index in [4.69, 9.17) is 5.11 Å². The lowest BCUT2D eigenvalue weighted by Gasteiger charge is -2.21. The molecule has 1 amide bonds. The molecule has 4 heteroatoms. The third-order valence-corrected chi connectivity index (χ3v) is 2.99. The average molecular weight is 170 g/mol. The highest BCUT2D eigenvalue weighted by Gasteiger charge is 2.51. The highest BCUT2D eigenvalue weighted by Crippen LogP contribution is 2.44. The van der Waals surface area contributed by atoms with E-state index in [1.54, 1.807) is 0 Å². The zero-order valence-corrected chi connectivity index (χ0v) is 6.97. The molecule has 0 aromatic carbocycles. The third kappa shape index (κ3) is 1.27. The molecule has 12 heavy (non-hydrogen) atoms. The lowest BCUT2D eigenvalue weighted by molar-refractivity contribution is 0.182. The zero-order chi connectivity index (χ0) is 8.60. The Labute approximate surface area is 71.3 Å². The van der Waals surface area contributed by atoms with Crippen LogP contribution in [0, 0.1) is 5.92 Å². The predicted molar refractivity (Wildman–Crippen MR) is 44.1 cm³/mol. The number of carboxylic acid groups (broad SMARTS) is 1. The molecule has 0 bridgehead atoms. The topological polar surface area (TPSA) is 61.4 Å². The van der Waals surface area contributed by atoms with E-state index in [1.165, 1.54) is 0 Å². The quantitative estimate of drug-likeness (QED) is 0.562. The summed E-state index contributed by atoms with van der Waals surface area (Å²) < 4.78 is 0. The molecule has 1 heterocycles. The maximum absolute atomic E-state index is 10.5. The average Bonchev–Trinajstić information content (AvgIpc) is 2.61. The van der Waals surface area contributed by atoms with E-state index in [1.807, 2.05) is 0 Å². The van der Waals surface area contributed by atoms with Gasteiger partial charge in [0.25, 0.3) is 0 Å². The Bertz CT molecular complexity index is 195. The molecule has 2 fully saturated rings. The molecule has 0 radical (unpaired) electrons. The maximum atomic E-state index is 10.5. The Kier molecular flexibility index (Phi) is 1.72. The summed E-state index contributed by atoms with van der Waals surface area (Å²) in [5, 5.41) is 14.5. The van der Waals surface area contributed by atoms with Crippen molar-refractivity contribution in [2.24, 2.45) is 5.92 Å². The van der Waals surface area contributed by atoms with Crippen molar-refractivity contribution in [3.8, 4) is 0 Å². The van der Waals surface area contributed by atoms with Gasteiger partial charge in [0.2, 0.25) is 0 Å². The van der Waals surface area contributed by atoms with Crippen LogP contribution in [0.15, 0.2) is 0 Å². The van der Waals surface area contributed by atoms with Crippen molar-refractivity contribution < 1.29 is 9.90 Å². The summed E-state index contributed by atoms with van der Waals surface area (Å²) in [5.74, 6) is 0.522. The second kappa shape index (κ2) is 2.62. The first-order valence-electron chi connectivity index (χ1n) is 4.45. The van der Waals surface area contributed by atoms with E-state index < -0.39 is 6.09 Å². The van der Waals surface area contributed by atoms with Crippen LogP contribution >= 0.6 is 0 Å². The van der Waals surface area contributed by atoms with Gasteiger partial charge in [-0.2, -0.15) is 0 Å². The van der Waals surface area contributed by atoms with Crippen molar-refractivity contribution >= 4 is 6.09 Å². The Morgan fingerprint density at radius 3 is 2.75 bits per heavy atom. The largest absolute Gasteiger partial charge is 0.465 e. The van der Waals surface area contributed by atoms with Gasteiger partial charge >= 0.3 is 6.09 Å². The summed E-state index contributed by atoms with van der Waals surface area (Å²) in [6.45, 7) is 2.01. The van der Waals surface area contributed by atoms with Crippen LogP contribution < -0.4 is 10.6 Å². The molecule has 1 saturated carbocycles. The first-order valence-corrected chi connectivity index (χ1v) is 4.45. The molecule has 0 aromatic heterocycles. The van der Waals surface area contributed by atoms with E-state index in [0.29, 0.717) is 5.92 Å². The van der Waals surface area contributed by atoms with Crippen molar-refractivity contribution in [1.29, 1.82) is 0 Å². The minimum atomic E-state index is -0.876. The Hall–Kier alpha value is -0.770. The minimum absolute atomic E-state index is 0.0602. The molecule has 2 rings (SSSR count). The number of rotatable bonds is 2. The molecule has 4 nitrogen and oxygen atoms in total. The first-order chi connectivity index (χ1) is 5.73. The number of hydrogen-bond acceptors (Lipinski definition) is 2. The van der Waals surface area contributed by atoms with Crippen molar-refractivity contribution in [3.63, 3.8) is 0 Å². The Morgan fingerprint density at radius 2 is 2.33 bits per heavy atom. The Balaban J connectivity index is 1.95. The van der Waals surface area contributed by atoms with Crippen LogP contribution in [0.1, 0.15) is 19.3 Å². The lowest BCUT2D eigenvalue weighted by Crippen LogP contribution is -2.42. The second-order valence-corrected chi connectivity index (χ2v) is 3.78. The highest BCUT2D eigenvalue weighted by atomic mass is 16.4. The fourth-order valence-electron chi connectivity index (χ4n) is 2.11. The number of amides is 1. The summed E-state index contributed by atoms with van der Waals surface area (Å²) in [5.41, 5.74) is -0.0602. The maximum Gasteiger partial charge on any atom is 0.405 e. The van der Waals surface area contributed by atoms with Crippen LogP contribution in [0.3, 0.4) is 0 Å². The normalized spacial score (nSPS) is 31.5. The molecule has 0 spiro atoms. The van der Waals surface area contributed by atoms with Gasteiger partial charge in [-0.3, -0.25) is 0 Å². The molecule has 1 atom stereocenters. The smallest absolute Gasteiger partial charge is 0.405 e. The molecule has 1 aliphatic carbocycles. The molecule has 0 unspecified atom stereocenters. The lowest BCUT2D eigenvalue weighted by atomic mass is 9.97. The highest BCUT2D eigenvalue weighted by molar-refractivity contribution is 5.66. The zero-order valence-electron chi connectivity index (χ0n) is 6.97. The number of carbonyl (C=O) groups is 1. The molecule has 1 saturated heterocycles. The van der Waals surface area contributed by atoms with E-state index in [9.17, 15) is 4.79 Å². The van der Waals surface area contributed by atoms with Gasteiger partial charge < -0.3 is 15.7 Å². The molecule has 2 aliphatic rings. The van der Waals surface area contributed by atoms with Crippen LogP contribution in [0.25, 0.3) is 0 Å². The van der Waals surface area contributed by atoms with Crippen LogP contribution in [-0.4, -0.2) is 29.8 Å². The van der Waals surface area contributed by atoms with Gasteiger partial charge in [0.15, 0.2) is 0 Å². The molecule has 68 valence electrons. The Morgan fingerprint density at radius 1 is 1.58 bits per heavy atom. The van der Waals surface area contributed by atoms with Crippen LogP contribution in [0.4, 0.5) is 4.79 Å². The second-order valence-electron chi connectivity index (χ2n) is 3.78. The van der Waals surface area contributed by atoms with Gasteiger partial charge in [-0.1, -0.05) is 0 Å². The van der Waals surface area contributed by atoms with Crippen molar-refractivity contribution in [2.75, 3.05) is 13.1 Å².